The number of benzene rings is 1. The van der Waals surface area contributed by atoms with E-state index in [1.54, 1.807) is 6.92 Å². The second-order valence-corrected chi connectivity index (χ2v) is 3.95. The summed E-state index contributed by atoms with van der Waals surface area (Å²) in [6, 6.07) is 2.46. The molecule has 106 valence electrons. The first-order valence-corrected chi connectivity index (χ1v) is 5.32. The highest BCUT2D eigenvalue weighted by molar-refractivity contribution is 5.95. The molecule has 0 fully saturated rings. The molecule has 0 aliphatic rings. The minimum Gasteiger partial charge on any atom is -0.507 e. The number of halogens is 3. The molecule has 4 nitrogen and oxygen atoms in total. The summed E-state index contributed by atoms with van der Waals surface area (Å²) in [4.78, 5) is 11.5. The first-order valence-electron chi connectivity index (χ1n) is 5.32. The standard InChI is InChI=1S/C12H13F3O4/c1-6-4-8(16)10(11(17)18-3)9(5-6)19-7(2)12(13,14)15/h4-5,7,16H,1-3H3/t7-/m1/s1. The summed E-state index contributed by atoms with van der Waals surface area (Å²) in [5.74, 6) is -1.83. The molecule has 0 aromatic heterocycles. The molecule has 7 heteroatoms. The normalized spacial score (nSPS) is 12.9. The van der Waals surface area contributed by atoms with Gasteiger partial charge >= 0.3 is 12.1 Å². The lowest BCUT2D eigenvalue weighted by molar-refractivity contribution is -0.189. The van der Waals surface area contributed by atoms with E-state index in [0.29, 0.717) is 5.56 Å². The number of rotatable bonds is 3. The third kappa shape index (κ3) is 3.52. The number of alkyl halides is 3. The number of methoxy groups -OCH3 is 1. The number of phenols is 1. The van der Waals surface area contributed by atoms with E-state index in [-0.39, 0.29) is 5.75 Å². The number of hydrogen-bond acceptors (Lipinski definition) is 4. The molecular weight excluding hydrogens is 265 g/mol. The molecule has 1 N–H and O–H groups in total. The Hall–Kier alpha value is -1.92. The van der Waals surface area contributed by atoms with Gasteiger partial charge in [-0.3, -0.25) is 0 Å². The molecular formula is C12H13F3O4. The molecule has 1 atom stereocenters. The molecule has 1 aromatic rings. The molecule has 0 bridgehead atoms. The third-order valence-corrected chi connectivity index (χ3v) is 2.38. The summed E-state index contributed by atoms with van der Waals surface area (Å²) in [5.41, 5.74) is 0.0266. The lowest BCUT2D eigenvalue weighted by Crippen LogP contribution is -2.31. The van der Waals surface area contributed by atoms with Gasteiger partial charge in [-0.25, -0.2) is 4.79 Å². The predicted molar refractivity (Wildman–Crippen MR) is 60.3 cm³/mol. The van der Waals surface area contributed by atoms with E-state index in [2.05, 4.69) is 4.74 Å². The first-order chi connectivity index (χ1) is 8.66. The second kappa shape index (κ2) is 5.38. The van der Waals surface area contributed by atoms with Crippen molar-refractivity contribution in [3.63, 3.8) is 0 Å². The molecule has 1 aromatic carbocycles. The van der Waals surface area contributed by atoms with Crippen LogP contribution in [0.15, 0.2) is 12.1 Å². The highest BCUT2D eigenvalue weighted by atomic mass is 19.4. The zero-order chi connectivity index (χ0) is 14.8. The molecule has 0 saturated heterocycles. The molecule has 0 spiro atoms. The molecule has 0 saturated carbocycles. The monoisotopic (exact) mass is 278 g/mol. The average molecular weight is 278 g/mol. The molecule has 1 rings (SSSR count). The number of carbonyl (C=O) groups excluding carboxylic acids is 1. The summed E-state index contributed by atoms with van der Waals surface area (Å²) in [5, 5.41) is 9.63. The Kier molecular flexibility index (Phi) is 4.28. The number of phenolic OH excluding ortho intramolecular Hbond substituents is 1. The van der Waals surface area contributed by atoms with Gasteiger partial charge in [0, 0.05) is 0 Å². The van der Waals surface area contributed by atoms with Crippen LogP contribution in [0.3, 0.4) is 0 Å². The fraction of sp³-hybridized carbons (Fsp3) is 0.417. The average Bonchev–Trinajstić information content (AvgIpc) is 2.26. The van der Waals surface area contributed by atoms with Gasteiger partial charge in [-0.05, 0) is 31.5 Å². The Labute approximate surface area is 107 Å². The minimum atomic E-state index is -4.58. The van der Waals surface area contributed by atoms with E-state index in [0.717, 1.165) is 14.0 Å². The van der Waals surface area contributed by atoms with Crippen LogP contribution in [0.5, 0.6) is 11.5 Å². The van der Waals surface area contributed by atoms with Crippen LogP contribution in [0.25, 0.3) is 0 Å². The summed E-state index contributed by atoms with van der Waals surface area (Å²) >= 11 is 0. The van der Waals surface area contributed by atoms with Crippen molar-refractivity contribution in [1.82, 2.24) is 0 Å². The van der Waals surface area contributed by atoms with Gasteiger partial charge in [0.2, 0.25) is 0 Å². The van der Waals surface area contributed by atoms with Gasteiger partial charge in [0.15, 0.2) is 6.10 Å². The Morgan fingerprint density at radius 2 is 1.95 bits per heavy atom. The van der Waals surface area contributed by atoms with Crippen LogP contribution in [0, 0.1) is 6.92 Å². The number of hydrogen-bond donors (Lipinski definition) is 1. The minimum absolute atomic E-state index is 0.367. The van der Waals surface area contributed by atoms with Crippen molar-refractivity contribution < 1.29 is 32.5 Å². The van der Waals surface area contributed by atoms with E-state index in [4.69, 9.17) is 4.74 Å². The maximum atomic E-state index is 12.4. The summed E-state index contributed by atoms with van der Waals surface area (Å²) in [6.07, 6.45) is -6.69. The summed E-state index contributed by atoms with van der Waals surface area (Å²) < 4.78 is 46.5. The van der Waals surface area contributed by atoms with Crippen molar-refractivity contribution in [3.8, 4) is 11.5 Å². The SMILES string of the molecule is COC(=O)c1c(O)cc(C)cc1O[C@H](C)C(F)(F)F. The second-order valence-electron chi connectivity index (χ2n) is 3.95. The van der Waals surface area contributed by atoms with Gasteiger partial charge in [-0.2, -0.15) is 13.2 Å². The Balaban J connectivity index is 3.22. The van der Waals surface area contributed by atoms with Crippen LogP contribution in [0.2, 0.25) is 0 Å². The maximum absolute atomic E-state index is 12.4. The summed E-state index contributed by atoms with van der Waals surface area (Å²) in [6.45, 7) is 2.35. The van der Waals surface area contributed by atoms with E-state index in [9.17, 15) is 23.1 Å². The number of ether oxygens (including phenoxy) is 2. The van der Waals surface area contributed by atoms with Crippen molar-refractivity contribution in [2.45, 2.75) is 26.1 Å². The Bertz CT molecular complexity index is 483. The lowest BCUT2D eigenvalue weighted by atomic mass is 10.1. The van der Waals surface area contributed by atoms with E-state index in [1.807, 2.05) is 0 Å². The Morgan fingerprint density at radius 1 is 1.37 bits per heavy atom. The molecule has 0 unspecified atom stereocenters. The lowest BCUT2D eigenvalue weighted by Gasteiger charge is -2.20. The predicted octanol–water partition coefficient (Wildman–Crippen LogP) is 2.82. The molecule has 19 heavy (non-hydrogen) atoms. The van der Waals surface area contributed by atoms with E-state index >= 15 is 0 Å². The molecule has 0 amide bonds. The van der Waals surface area contributed by atoms with E-state index in [1.165, 1.54) is 12.1 Å². The topological polar surface area (TPSA) is 55.8 Å². The van der Waals surface area contributed by atoms with Crippen LogP contribution in [0.1, 0.15) is 22.8 Å². The van der Waals surface area contributed by atoms with Crippen molar-refractivity contribution in [1.29, 1.82) is 0 Å². The number of aromatic hydroxyl groups is 1. The van der Waals surface area contributed by atoms with E-state index < -0.39 is 29.6 Å². The van der Waals surface area contributed by atoms with Crippen molar-refractivity contribution >= 4 is 5.97 Å². The fourth-order valence-corrected chi connectivity index (χ4v) is 1.39. The van der Waals surface area contributed by atoms with Crippen LogP contribution in [-0.4, -0.2) is 30.5 Å². The first kappa shape index (κ1) is 15.1. The highest BCUT2D eigenvalue weighted by Crippen LogP contribution is 2.33. The van der Waals surface area contributed by atoms with Gasteiger partial charge < -0.3 is 14.6 Å². The zero-order valence-electron chi connectivity index (χ0n) is 10.5. The molecule has 0 radical (unpaired) electrons. The molecule has 0 aliphatic heterocycles. The van der Waals surface area contributed by atoms with Gasteiger partial charge in [0.1, 0.15) is 17.1 Å². The molecule has 0 heterocycles. The van der Waals surface area contributed by atoms with Crippen LogP contribution in [0.4, 0.5) is 13.2 Å². The van der Waals surface area contributed by atoms with Crippen LogP contribution >= 0.6 is 0 Å². The number of aryl methyl sites for hydroxylation is 1. The largest absolute Gasteiger partial charge is 0.507 e. The van der Waals surface area contributed by atoms with Crippen molar-refractivity contribution in [2.75, 3.05) is 7.11 Å². The van der Waals surface area contributed by atoms with Crippen LogP contribution < -0.4 is 4.74 Å². The van der Waals surface area contributed by atoms with Gasteiger partial charge in [0.25, 0.3) is 0 Å². The van der Waals surface area contributed by atoms with Gasteiger partial charge in [-0.15, -0.1) is 0 Å². The maximum Gasteiger partial charge on any atom is 0.425 e. The number of carbonyl (C=O) groups is 1. The Morgan fingerprint density at radius 3 is 2.42 bits per heavy atom. The fourth-order valence-electron chi connectivity index (χ4n) is 1.39. The quantitative estimate of drug-likeness (QED) is 0.864. The third-order valence-electron chi connectivity index (χ3n) is 2.38. The summed E-state index contributed by atoms with van der Waals surface area (Å²) in [7, 11) is 1.05. The zero-order valence-corrected chi connectivity index (χ0v) is 10.5. The smallest absolute Gasteiger partial charge is 0.425 e. The molecule has 0 aliphatic carbocycles. The van der Waals surface area contributed by atoms with Gasteiger partial charge in [-0.1, -0.05) is 0 Å². The highest BCUT2D eigenvalue weighted by Gasteiger charge is 2.39. The van der Waals surface area contributed by atoms with Crippen molar-refractivity contribution in [3.05, 3.63) is 23.3 Å². The van der Waals surface area contributed by atoms with Gasteiger partial charge in [0.05, 0.1) is 7.11 Å². The van der Waals surface area contributed by atoms with Crippen LogP contribution in [-0.2, 0) is 4.74 Å². The van der Waals surface area contributed by atoms with Crippen molar-refractivity contribution in [2.24, 2.45) is 0 Å². The number of esters is 1.